The molecule has 0 bridgehead atoms. The topological polar surface area (TPSA) is 31.4 Å². The van der Waals surface area contributed by atoms with Crippen molar-refractivity contribution in [1.29, 1.82) is 0 Å². The number of ether oxygens (including phenoxy) is 2. The van der Waals surface area contributed by atoms with Crippen LogP contribution in [0.3, 0.4) is 0 Å². The summed E-state index contributed by atoms with van der Waals surface area (Å²) in [4.78, 5) is 3.57. The Kier molecular flexibility index (Phi) is 3.45. The number of hydrogen-bond donors (Lipinski definition) is 0. The molecular formula is C12H9ClF3NO2. The average Bonchev–Trinajstić information content (AvgIpc) is 2.36. The molecule has 1 aromatic heterocycles. The van der Waals surface area contributed by atoms with Crippen LogP contribution in [-0.2, 0) is 6.18 Å². The van der Waals surface area contributed by atoms with Crippen molar-refractivity contribution >= 4 is 22.5 Å². The zero-order chi connectivity index (χ0) is 14.2. The number of rotatable bonds is 2. The molecule has 0 fully saturated rings. The predicted octanol–water partition coefficient (Wildman–Crippen LogP) is 3.92. The number of alkyl halides is 3. The molecule has 0 atom stereocenters. The smallest absolute Gasteiger partial charge is 0.433 e. The highest BCUT2D eigenvalue weighted by Crippen LogP contribution is 2.39. The molecule has 0 saturated carbocycles. The maximum absolute atomic E-state index is 12.7. The van der Waals surface area contributed by atoms with Crippen molar-refractivity contribution in [2.45, 2.75) is 6.18 Å². The Morgan fingerprint density at radius 3 is 2.21 bits per heavy atom. The van der Waals surface area contributed by atoms with E-state index in [1.807, 2.05) is 0 Å². The van der Waals surface area contributed by atoms with Crippen molar-refractivity contribution in [2.24, 2.45) is 0 Å². The second-order valence-corrected chi connectivity index (χ2v) is 4.09. The van der Waals surface area contributed by atoms with Crippen LogP contribution in [0.1, 0.15) is 5.69 Å². The zero-order valence-corrected chi connectivity index (χ0v) is 10.8. The molecule has 0 unspecified atom stereocenters. The molecule has 0 aliphatic heterocycles. The van der Waals surface area contributed by atoms with Crippen molar-refractivity contribution in [3.8, 4) is 11.5 Å². The van der Waals surface area contributed by atoms with Gasteiger partial charge >= 0.3 is 6.18 Å². The van der Waals surface area contributed by atoms with Crippen molar-refractivity contribution in [3.05, 3.63) is 28.9 Å². The molecule has 7 heteroatoms. The number of benzene rings is 1. The van der Waals surface area contributed by atoms with E-state index >= 15 is 0 Å². The minimum absolute atomic E-state index is 0.0154. The van der Waals surface area contributed by atoms with Crippen LogP contribution in [-0.4, -0.2) is 19.2 Å². The van der Waals surface area contributed by atoms with Gasteiger partial charge in [-0.25, -0.2) is 4.98 Å². The minimum Gasteiger partial charge on any atom is -0.496 e. The molecule has 1 aromatic carbocycles. The van der Waals surface area contributed by atoms with E-state index in [0.29, 0.717) is 5.75 Å². The van der Waals surface area contributed by atoms with Crippen molar-refractivity contribution in [3.63, 3.8) is 0 Å². The molecule has 0 N–H and O–H groups in total. The Morgan fingerprint density at radius 1 is 1.11 bits per heavy atom. The molecule has 2 aromatic rings. The summed E-state index contributed by atoms with van der Waals surface area (Å²) in [6, 6.07) is 3.80. The quantitative estimate of drug-likeness (QED) is 0.840. The largest absolute Gasteiger partial charge is 0.496 e. The molecule has 102 valence electrons. The van der Waals surface area contributed by atoms with Crippen LogP contribution >= 0.6 is 11.6 Å². The van der Waals surface area contributed by atoms with Gasteiger partial charge in [-0.15, -0.1) is 0 Å². The van der Waals surface area contributed by atoms with E-state index < -0.39 is 11.9 Å². The van der Waals surface area contributed by atoms with Gasteiger partial charge in [0, 0.05) is 0 Å². The lowest BCUT2D eigenvalue weighted by atomic mass is 10.1. The summed E-state index contributed by atoms with van der Waals surface area (Å²) < 4.78 is 48.2. The Hall–Kier alpha value is -1.69. The fourth-order valence-electron chi connectivity index (χ4n) is 1.72. The first-order valence-corrected chi connectivity index (χ1v) is 5.54. The highest BCUT2D eigenvalue weighted by Gasteiger charge is 2.34. The number of pyridine rings is 1. The summed E-state index contributed by atoms with van der Waals surface area (Å²) in [5, 5.41) is 0.199. The molecule has 0 aliphatic rings. The van der Waals surface area contributed by atoms with Gasteiger partial charge in [0.05, 0.1) is 24.6 Å². The maximum atomic E-state index is 12.7. The van der Waals surface area contributed by atoms with Crippen LogP contribution < -0.4 is 9.47 Å². The van der Waals surface area contributed by atoms with Gasteiger partial charge in [0.1, 0.15) is 22.7 Å². The van der Waals surface area contributed by atoms with Gasteiger partial charge in [0.25, 0.3) is 0 Å². The second-order valence-electron chi connectivity index (χ2n) is 3.68. The summed E-state index contributed by atoms with van der Waals surface area (Å²) in [6.45, 7) is 0. The lowest BCUT2D eigenvalue weighted by Crippen LogP contribution is -2.08. The minimum atomic E-state index is -4.58. The highest BCUT2D eigenvalue weighted by atomic mass is 35.5. The molecule has 0 aliphatic carbocycles. The summed E-state index contributed by atoms with van der Waals surface area (Å²) in [6.07, 6.45) is -4.58. The summed E-state index contributed by atoms with van der Waals surface area (Å²) in [5.41, 5.74) is -1.06. The standard InChI is InChI=1S/C12H9ClF3NO2/c1-18-7-3-4-8(19-2)11-10(7)6(13)5-9(17-11)12(14,15)16/h3-5H,1-2H3. The van der Waals surface area contributed by atoms with Crippen LogP contribution in [0.5, 0.6) is 11.5 Å². The van der Waals surface area contributed by atoms with Gasteiger partial charge in [-0.2, -0.15) is 13.2 Å². The third kappa shape index (κ3) is 2.40. The van der Waals surface area contributed by atoms with E-state index in [9.17, 15) is 13.2 Å². The normalized spacial score (nSPS) is 11.7. The lowest BCUT2D eigenvalue weighted by molar-refractivity contribution is -0.140. The van der Waals surface area contributed by atoms with Gasteiger partial charge in [-0.05, 0) is 18.2 Å². The number of halogens is 4. The first-order chi connectivity index (χ1) is 8.88. The van der Waals surface area contributed by atoms with Gasteiger partial charge in [0.15, 0.2) is 0 Å². The van der Waals surface area contributed by atoms with Crippen molar-refractivity contribution < 1.29 is 22.6 Å². The first kappa shape index (κ1) is 13.7. The third-order valence-electron chi connectivity index (χ3n) is 2.57. The Labute approximate surface area is 111 Å². The third-order valence-corrected chi connectivity index (χ3v) is 2.87. The van der Waals surface area contributed by atoms with Crippen LogP contribution in [0.15, 0.2) is 18.2 Å². The van der Waals surface area contributed by atoms with Crippen LogP contribution in [0.4, 0.5) is 13.2 Å². The zero-order valence-electron chi connectivity index (χ0n) is 10.0. The molecule has 0 spiro atoms. The van der Waals surface area contributed by atoms with Crippen LogP contribution in [0, 0.1) is 0 Å². The summed E-state index contributed by atoms with van der Waals surface area (Å²) in [5.74, 6) is 0.533. The molecule has 0 radical (unpaired) electrons. The molecular weight excluding hydrogens is 283 g/mol. The Morgan fingerprint density at radius 2 is 1.68 bits per heavy atom. The summed E-state index contributed by atoms with van der Waals surface area (Å²) in [7, 11) is 2.74. The van der Waals surface area contributed by atoms with Crippen LogP contribution in [0.25, 0.3) is 10.9 Å². The SMILES string of the molecule is COc1ccc(OC)c2c(Cl)cc(C(F)(F)F)nc12. The summed E-state index contributed by atoms with van der Waals surface area (Å²) >= 11 is 5.91. The molecule has 3 nitrogen and oxygen atoms in total. The van der Waals surface area contributed by atoms with E-state index in [1.165, 1.54) is 20.3 Å². The highest BCUT2D eigenvalue weighted by molar-refractivity contribution is 6.36. The molecule has 0 saturated heterocycles. The second kappa shape index (κ2) is 4.77. The van der Waals surface area contributed by atoms with Gasteiger partial charge < -0.3 is 9.47 Å². The fraction of sp³-hybridized carbons (Fsp3) is 0.250. The number of nitrogens with zero attached hydrogens (tertiary/aromatic N) is 1. The maximum Gasteiger partial charge on any atom is 0.433 e. The van der Waals surface area contributed by atoms with Crippen LogP contribution in [0.2, 0.25) is 5.02 Å². The Bertz CT molecular complexity index is 628. The van der Waals surface area contributed by atoms with Gasteiger partial charge in [0.2, 0.25) is 0 Å². The van der Waals surface area contributed by atoms with E-state index in [1.54, 1.807) is 6.07 Å². The number of hydrogen-bond acceptors (Lipinski definition) is 3. The molecule has 1 heterocycles. The van der Waals surface area contributed by atoms with Gasteiger partial charge in [-0.1, -0.05) is 11.6 Å². The number of fused-ring (bicyclic) bond motifs is 1. The Balaban J connectivity index is 2.86. The molecule has 2 rings (SSSR count). The lowest BCUT2D eigenvalue weighted by Gasteiger charge is -2.13. The van der Waals surface area contributed by atoms with E-state index in [2.05, 4.69) is 4.98 Å². The van der Waals surface area contributed by atoms with Crippen molar-refractivity contribution in [2.75, 3.05) is 14.2 Å². The van der Waals surface area contributed by atoms with E-state index in [4.69, 9.17) is 21.1 Å². The molecule has 0 amide bonds. The van der Waals surface area contributed by atoms with E-state index in [-0.39, 0.29) is 21.7 Å². The fourth-order valence-corrected chi connectivity index (χ4v) is 2.01. The number of aromatic nitrogens is 1. The predicted molar refractivity (Wildman–Crippen MR) is 64.9 cm³/mol. The van der Waals surface area contributed by atoms with E-state index in [0.717, 1.165) is 6.07 Å². The van der Waals surface area contributed by atoms with Gasteiger partial charge in [-0.3, -0.25) is 0 Å². The number of methoxy groups -OCH3 is 2. The van der Waals surface area contributed by atoms with Crippen molar-refractivity contribution in [1.82, 2.24) is 4.98 Å². The monoisotopic (exact) mass is 291 g/mol. The molecule has 19 heavy (non-hydrogen) atoms. The first-order valence-electron chi connectivity index (χ1n) is 5.17. The average molecular weight is 292 g/mol.